The third-order valence-corrected chi connectivity index (χ3v) is 2.82. The largest absolute Gasteiger partial charge is 0.490 e. The fourth-order valence-corrected chi connectivity index (χ4v) is 1.98. The molecule has 0 saturated heterocycles. The van der Waals surface area contributed by atoms with Crippen molar-refractivity contribution in [1.29, 1.82) is 0 Å². The molecule has 1 heterocycles. The van der Waals surface area contributed by atoms with Crippen LogP contribution in [-0.4, -0.2) is 19.3 Å². The van der Waals surface area contributed by atoms with Gasteiger partial charge in [-0.3, -0.25) is 0 Å². The normalized spacial score (nSPS) is 16.7. The highest BCUT2D eigenvalue weighted by Gasteiger charge is 2.15. The van der Waals surface area contributed by atoms with Gasteiger partial charge in [0.25, 0.3) is 0 Å². The van der Waals surface area contributed by atoms with Crippen LogP contribution in [-0.2, 0) is 6.42 Å². The zero-order valence-corrected chi connectivity index (χ0v) is 9.95. The van der Waals surface area contributed by atoms with Gasteiger partial charge in [-0.25, -0.2) is 0 Å². The van der Waals surface area contributed by atoms with Crippen molar-refractivity contribution in [1.82, 2.24) is 0 Å². The molecule has 2 rings (SSSR count). The van der Waals surface area contributed by atoms with Gasteiger partial charge < -0.3 is 15.2 Å². The second-order valence-electron chi connectivity index (χ2n) is 4.41. The van der Waals surface area contributed by atoms with E-state index in [-0.39, 0.29) is 6.04 Å². The van der Waals surface area contributed by atoms with Crippen LogP contribution in [0, 0.1) is 6.92 Å². The van der Waals surface area contributed by atoms with Crippen LogP contribution in [0.1, 0.15) is 24.5 Å². The van der Waals surface area contributed by atoms with E-state index in [0.29, 0.717) is 0 Å². The highest BCUT2D eigenvalue weighted by molar-refractivity contribution is 5.50. The van der Waals surface area contributed by atoms with Crippen molar-refractivity contribution >= 4 is 0 Å². The first-order chi connectivity index (χ1) is 7.68. The average Bonchev–Trinajstić information content (AvgIpc) is 2.47. The molecular weight excluding hydrogens is 202 g/mol. The van der Waals surface area contributed by atoms with E-state index in [1.165, 1.54) is 5.56 Å². The molecule has 0 bridgehead atoms. The Morgan fingerprint density at radius 3 is 2.81 bits per heavy atom. The molecule has 88 valence electrons. The molecular formula is C13H19NO2. The number of rotatable bonds is 2. The van der Waals surface area contributed by atoms with Crippen molar-refractivity contribution in [3.63, 3.8) is 0 Å². The lowest BCUT2D eigenvalue weighted by atomic mass is 10.0. The molecule has 0 aromatic heterocycles. The lowest BCUT2D eigenvalue weighted by molar-refractivity contribution is 0.296. The smallest absolute Gasteiger partial charge is 0.164 e. The maximum atomic E-state index is 5.83. The highest BCUT2D eigenvalue weighted by Crippen LogP contribution is 2.35. The predicted molar refractivity (Wildman–Crippen MR) is 64.1 cm³/mol. The lowest BCUT2D eigenvalue weighted by Gasteiger charge is -2.15. The van der Waals surface area contributed by atoms with Gasteiger partial charge in [0.1, 0.15) is 0 Å². The van der Waals surface area contributed by atoms with E-state index in [1.54, 1.807) is 0 Å². The Morgan fingerprint density at radius 2 is 2.06 bits per heavy atom. The molecule has 1 aliphatic heterocycles. The minimum Gasteiger partial charge on any atom is -0.490 e. The summed E-state index contributed by atoms with van der Waals surface area (Å²) < 4.78 is 11.4. The van der Waals surface area contributed by atoms with Crippen LogP contribution in [0.3, 0.4) is 0 Å². The molecule has 1 unspecified atom stereocenters. The summed E-state index contributed by atoms with van der Waals surface area (Å²) in [5.74, 6) is 1.76. The van der Waals surface area contributed by atoms with Crippen LogP contribution in [0.4, 0.5) is 0 Å². The van der Waals surface area contributed by atoms with Crippen LogP contribution in [0.15, 0.2) is 12.1 Å². The van der Waals surface area contributed by atoms with Gasteiger partial charge in [-0.2, -0.15) is 0 Å². The summed E-state index contributed by atoms with van der Waals surface area (Å²) in [5, 5.41) is 0. The third kappa shape index (κ3) is 2.30. The fraction of sp³-hybridized carbons (Fsp3) is 0.538. The van der Waals surface area contributed by atoms with Gasteiger partial charge >= 0.3 is 0 Å². The summed E-state index contributed by atoms with van der Waals surface area (Å²) in [6.45, 7) is 5.56. The maximum Gasteiger partial charge on any atom is 0.164 e. The van der Waals surface area contributed by atoms with Crippen molar-refractivity contribution in [3.8, 4) is 11.5 Å². The van der Waals surface area contributed by atoms with Crippen molar-refractivity contribution in [3.05, 3.63) is 23.3 Å². The quantitative estimate of drug-likeness (QED) is 0.831. The Morgan fingerprint density at radius 1 is 1.31 bits per heavy atom. The predicted octanol–water partition coefficient (Wildman–Crippen LogP) is 2.05. The van der Waals surface area contributed by atoms with Gasteiger partial charge in [0.2, 0.25) is 0 Å². The molecule has 1 aromatic carbocycles. The molecule has 1 aromatic rings. The lowest BCUT2D eigenvalue weighted by Crippen LogP contribution is -2.18. The second-order valence-corrected chi connectivity index (χ2v) is 4.41. The standard InChI is InChI=1S/C13H19NO2/c1-9(14)8-11-4-5-12-13(10(11)2)16-7-3-6-15-12/h4-5,9H,3,6-8,14H2,1-2H3. The SMILES string of the molecule is Cc1c(CC(C)N)ccc2c1OCCCO2. The number of nitrogens with two attached hydrogens (primary N) is 1. The summed E-state index contributed by atoms with van der Waals surface area (Å²) >= 11 is 0. The molecule has 0 saturated carbocycles. The molecule has 0 fully saturated rings. The first-order valence-corrected chi connectivity index (χ1v) is 5.82. The third-order valence-electron chi connectivity index (χ3n) is 2.82. The molecule has 0 radical (unpaired) electrons. The fourth-order valence-electron chi connectivity index (χ4n) is 1.98. The minimum absolute atomic E-state index is 0.170. The highest BCUT2D eigenvalue weighted by atomic mass is 16.5. The van der Waals surface area contributed by atoms with Crippen LogP contribution < -0.4 is 15.2 Å². The molecule has 1 aliphatic rings. The van der Waals surface area contributed by atoms with Crippen molar-refractivity contribution in [2.45, 2.75) is 32.7 Å². The Hall–Kier alpha value is -1.22. The molecule has 0 amide bonds. The van der Waals surface area contributed by atoms with E-state index in [4.69, 9.17) is 15.2 Å². The summed E-state index contributed by atoms with van der Waals surface area (Å²) in [6.07, 6.45) is 1.82. The van der Waals surface area contributed by atoms with Crippen LogP contribution >= 0.6 is 0 Å². The van der Waals surface area contributed by atoms with Crippen molar-refractivity contribution < 1.29 is 9.47 Å². The van der Waals surface area contributed by atoms with E-state index in [0.717, 1.165) is 43.1 Å². The topological polar surface area (TPSA) is 44.5 Å². The molecule has 0 spiro atoms. The van der Waals surface area contributed by atoms with Gasteiger partial charge in [0.15, 0.2) is 11.5 Å². The molecule has 1 atom stereocenters. The van der Waals surface area contributed by atoms with Crippen molar-refractivity contribution in [2.24, 2.45) is 5.73 Å². The maximum absolute atomic E-state index is 5.83. The summed E-state index contributed by atoms with van der Waals surface area (Å²) in [7, 11) is 0. The van der Waals surface area contributed by atoms with E-state index in [9.17, 15) is 0 Å². The van der Waals surface area contributed by atoms with Gasteiger partial charge in [-0.15, -0.1) is 0 Å². The first-order valence-electron chi connectivity index (χ1n) is 5.82. The van der Waals surface area contributed by atoms with E-state index in [2.05, 4.69) is 13.0 Å². The Kier molecular flexibility index (Phi) is 3.34. The first kappa shape index (κ1) is 11.3. The summed E-state index contributed by atoms with van der Waals surface area (Å²) in [6, 6.07) is 4.25. The van der Waals surface area contributed by atoms with E-state index < -0.39 is 0 Å². The van der Waals surface area contributed by atoms with Crippen molar-refractivity contribution in [2.75, 3.05) is 13.2 Å². The van der Waals surface area contributed by atoms with Crippen LogP contribution in [0.5, 0.6) is 11.5 Å². The Bertz CT molecular complexity index is 374. The van der Waals surface area contributed by atoms with Gasteiger partial charge in [-0.05, 0) is 37.5 Å². The second kappa shape index (κ2) is 4.74. The molecule has 0 aliphatic carbocycles. The summed E-state index contributed by atoms with van der Waals surface area (Å²) in [4.78, 5) is 0. The number of hydrogen-bond acceptors (Lipinski definition) is 3. The van der Waals surface area contributed by atoms with E-state index in [1.807, 2.05) is 13.0 Å². The molecule has 3 heteroatoms. The molecule has 3 nitrogen and oxygen atoms in total. The number of hydrogen-bond donors (Lipinski definition) is 1. The number of fused-ring (bicyclic) bond motifs is 1. The average molecular weight is 221 g/mol. The zero-order chi connectivity index (χ0) is 11.5. The number of benzene rings is 1. The summed E-state index contributed by atoms with van der Waals surface area (Å²) in [5.41, 5.74) is 8.24. The Balaban J connectivity index is 2.33. The van der Waals surface area contributed by atoms with E-state index >= 15 is 0 Å². The minimum atomic E-state index is 0.170. The van der Waals surface area contributed by atoms with Gasteiger partial charge in [-0.1, -0.05) is 6.07 Å². The van der Waals surface area contributed by atoms with Crippen LogP contribution in [0.2, 0.25) is 0 Å². The van der Waals surface area contributed by atoms with Gasteiger partial charge in [0.05, 0.1) is 13.2 Å². The zero-order valence-electron chi connectivity index (χ0n) is 9.95. The van der Waals surface area contributed by atoms with Gasteiger partial charge in [0, 0.05) is 12.5 Å². The monoisotopic (exact) mass is 221 g/mol. The van der Waals surface area contributed by atoms with Crippen LogP contribution in [0.25, 0.3) is 0 Å². The Labute approximate surface area is 96.5 Å². The molecule has 16 heavy (non-hydrogen) atoms. The number of ether oxygens (including phenoxy) is 2. The molecule has 2 N–H and O–H groups in total.